The third kappa shape index (κ3) is 3.23. The molecule has 3 nitrogen and oxygen atoms in total. The molecule has 22 heavy (non-hydrogen) atoms. The van der Waals surface area contributed by atoms with E-state index in [-0.39, 0.29) is 5.91 Å². The Morgan fingerprint density at radius 3 is 3.09 bits per heavy atom. The van der Waals surface area contributed by atoms with Crippen LogP contribution in [0, 0.1) is 0 Å². The van der Waals surface area contributed by atoms with Gasteiger partial charge in [0, 0.05) is 23.2 Å². The van der Waals surface area contributed by atoms with Crippen molar-refractivity contribution in [3.63, 3.8) is 0 Å². The summed E-state index contributed by atoms with van der Waals surface area (Å²) in [6.07, 6.45) is 2.03. The van der Waals surface area contributed by atoms with Gasteiger partial charge in [-0.3, -0.25) is 9.69 Å². The Hall–Kier alpha value is -1.65. The first-order valence-corrected chi connectivity index (χ1v) is 8.74. The van der Waals surface area contributed by atoms with Crippen LogP contribution in [-0.2, 0) is 17.6 Å². The fraction of sp³-hybridized carbons (Fsp3) is 0.389. The molecule has 1 atom stereocenters. The first kappa shape index (κ1) is 15.3. The molecule has 1 aromatic heterocycles. The van der Waals surface area contributed by atoms with Crippen molar-refractivity contribution in [1.29, 1.82) is 0 Å². The zero-order valence-electron chi connectivity index (χ0n) is 13.1. The van der Waals surface area contributed by atoms with Crippen LogP contribution in [0.2, 0.25) is 0 Å². The van der Waals surface area contributed by atoms with Crippen molar-refractivity contribution in [3.05, 3.63) is 51.7 Å². The molecule has 0 radical (unpaired) electrons. The van der Waals surface area contributed by atoms with E-state index in [9.17, 15) is 4.79 Å². The number of anilines is 1. The smallest absolute Gasteiger partial charge is 0.238 e. The summed E-state index contributed by atoms with van der Waals surface area (Å²) in [5, 5.41) is 5.18. The van der Waals surface area contributed by atoms with Gasteiger partial charge < -0.3 is 5.32 Å². The zero-order chi connectivity index (χ0) is 15.5. The summed E-state index contributed by atoms with van der Waals surface area (Å²) in [5.74, 6) is 0.0683. The molecule has 2 heterocycles. The molecule has 0 fully saturated rings. The van der Waals surface area contributed by atoms with E-state index in [1.54, 1.807) is 0 Å². The van der Waals surface area contributed by atoms with Gasteiger partial charge in [0.05, 0.1) is 6.54 Å². The number of thiophene rings is 1. The molecule has 1 N–H and O–H groups in total. The second-order valence-corrected chi connectivity index (χ2v) is 6.80. The van der Waals surface area contributed by atoms with Crippen LogP contribution in [0.4, 0.5) is 5.69 Å². The fourth-order valence-electron chi connectivity index (χ4n) is 3.03. The Kier molecular flexibility index (Phi) is 4.60. The van der Waals surface area contributed by atoms with Gasteiger partial charge in [-0.25, -0.2) is 0 Å². The molecule has 0 saturated carbocycles. The largest absolute Gasteiger partial charge is 0.325 e. The summed E-state index contributed by atoms with van der Waals surface area (Å²) in [5.41, 5.74) is 3.52. The maximum atomic E-state index is 12.3. The molecule has 4 heteroatoms. The maximum Gasteiger partial charge on any atom is 0.238 e. The van der Waals surface area contributed by atoms with Crippen molar-refractivity contribution in [2.45, 2.75) is 32.7 Å². The van der Waals surface area contributed by atoms with E-state index in [2.05, 4.69) is 47.6 Å². The molecule has 1 amide bonds. The van der Waals surface area contributed by atoms with E-state index < -0.39 is 0 Å². The Bertz CT molecular complexity index is 665. The average Bonchev–Trinajstić information content (AvgIpc) is 2.99. The minimum atomic E-state index is 0.0683. The normalized spacial score (nSPS) is 18.0. The number of amides is 1. The van der Waals surface area contributed by atoms with Crippen molar-refractivity contribution < 1.29 is 4.79 Å². The van der Waals surface area contributed by atoms with E-state index in [4.69, 9.17) is 0 Å². The quantitative estimate of drug-likeness (QED) is 0.929. The van der Waals surface area contributed by atoms with Gasteiger partial charge in [-0.05, 0) is 54.5 Å². The van der Waals surface area contributed by atoms with Crippen LogP contribution in [0.1, 0.15) is 35.9 Å². The Morgan fingerprint density at radius 1 is 1.41 bits per heavy atom. The second-order valence-electron chi connectivity index (χ2n) is 5.80. The zero-order valence-corrected chi connectivity index (χ0v) is 14.0. The molecule has 0 spiro atoms. The molecule has 1 aromatic carbocycles. The van der Waals surface area contributed by atoms with Crippen LogP contribution in [0.25, 0.3) is 0 Å². The molecular formula is C18H22N2OS. The third-order valence-corrected chi connectivity index (χ3v) is 5.37. The highest BCUT2D eigenvalue weighted by molar-refractivity contribution is 7.10. The van der Waals surface area contributed by atoms with E-state index >= 15 is 0 Å². The summed E-state index contributed by atoms with van der Waals surface area (Å²) in [4.78, 5) is 16.1. The number of carbonyl (C=O) groups is 1. The predicted molar refractivity (Wildman–Crippen MR) is 92.5 cm³/mol. The fourth-order valence-corrected chi connectivity index (χ4v) is 3.99. The first-order chi connectivity index (χ1) is 10.7. The minimum Gasteiger partial charge on any atom is -0.325 e. The van der Waals surface area contributed by atoms with Crippen LogP contribution in [0.15, 0.2) is 35.7 Å². The van der Waals surface area contributed by atoms with Gasteiger partial charge in [-0.1, -0.05) is 19.1 Å². The average molecular weight is 314 g/mol. The molecule has 0 saturated heterocycles. The lowest BCUT2D eigenvalue weighted by Gasteiger charge is -2.32. The van der Waals surface area contributed by atoms with Gasteiger partial charge in [0.25, 0.3) is 0 Å². The highest BCUT2D eigenvalue weighted by Crippen LogP contribution is 2.32. The topological polar surface area (TPSA) is 32.3 Å². The number of nitrogens with one attached hydrogen (secondary N) is 1. The lowest BCUT2D eigenvalue weighted by atomic mass is 10.0. The molecule has 1 aliphatic heterocycles. The highest BCUT2D eigenvalue weighted by atomic mass is 32.1. The SMILES string of the molecule is CCc1cccc(NC(=O)CN2CCc3sccc3C2C)c1. The summed E-state index contributed by atoms with van der Waals surface area (Å²) in [7, 11) is 0. The summed E-state index contributed by atoms with van der Waals surface area (Å²) < 4.78 is 0. The molecule has 1 unspecified atom stereocenters. The van der Waals surface area contributed by atoms with Crippen LogP contribution < -0.4 is 5.32 Å². The maximum absolute atomic E-state index is 12.3. The van der Waals surface area contributed by atoms with Gasteiger partial charge in [-0.2, -0.15) is 0 Å². The molecule has 0 aliphatic carbocycles. The predicted octanol–water partition coefficient (Wildman–Crippen LogP) is 3.87. The highest BCUT2D eigenvalue weighted by Gasteiger charge is 2.26. The summed E-state index contributed by atoms with van der Waals surface area (Å²) in [6, 6.07) is 10.6. The number of hydrogen-bond donors (Lipinski definition) is 1. The molecule has 0 bridgehead atoms. The van der Waals surface area contributed by atoms with Gasteiger partial charge in [-0.15, -0.1) is 11.3 Å². The van der Waals surface area contributed by atoms with Crippen molar-refractivity contribution in [3.8, 4) is 0 Å². The molecule has 116 valence electrons. The number of carbonyl (C=O) groups excluding carboxylic acids is 1. The number of fused-ring (bicyclic) bond motifs is 1. The van der Waals surface area contributed by atoms with Gasteiger partial charge >= 0.3 is 0 Å². The van der Waals surface area contributed by atoms with Crippen LogP contribution in [0.3, 0.4) is 0 Å². The lowest BCUT2D eigenvalue weighted by molar-refractivity contribution is -0.117. The minimum absolute atomic E-state index is 0.0683. The van der Waals surface area contributed by atoms with Crippen molar-refractivity contribution in [2.24, 2.45) is 0 Å². The van der Waals surface area contributed by atoms with Gasteiger partial charge in [0.2, 0.25) is 5.91 Å². The van der Waals surface area contributed by atoms with E-state index in [1.807, 2.05) is 23.5 Å². The Balaban J connectivity index is 1.62. The lowest BCUT2D eigenvalue weighted by Crippen LogP contribution is -2.39. The summed E-state index contributed by atoms with van der Waals surface area (Å²) >= 11 is 1.83. The number of hydrogen-bond acceptors (Lipinski definition) is 3. The second kappa shape index (κ2) is 6.63. The Morgan fingerprint density at radius 2 is 2.27 bits per heavy atom. The number of benzene rings is 1. The number of aryl methyl sites for hydroxylation is 1. The van der Waals surface area contributed by atoms with Crippen LogP contribution >= 0.6 is 11.3 Å². The first-order valence-electron chi connectivity index (χ1n) is 7.86. The molecular weight excluding hydrogens is 292 g/mol. The standard InChI is InChI=1S/C18H22N2OS/c1-3-14-5-4-6-15(11-14)19-18(21)12-20-9-7-17-16(13(20)2)8-10-22-17/h4-6,8,10-11,13H,3,7,9,12H2,1-2H3,(H,19,21). The molecule has 2 aromatic rings. The molecule has 1 aliphatic rings. The molecule has 3 rings (SSSR count). The number of rotatable bonds is 4. The monoisotopic (exact) mass is 314 g/mol. The van der Waals surface area contributed by atoms with E-state index in [0.717, 1.165) is 25.1 Å². The van der Waals surface area contributed by atoms with Gasteiger partial charge in [0.1, 0.15) is 0 Å². The van der Waals surface area contributed by atoms with Gasteiger partial charge in [0.15, 0.2) is 0 Å². The van der Waals surface area contributed by atoms with Crippen molar-refractivity contribution in [2.75, 3.05) is 18.4 Å². The van der Waals surface area contributed by atoms with Crippen LogP contribution in [-0.4, -0.2) is 23.9 Å². The van der Waals surface area contributed by atoms with Crippen molar-refractivity contribution in [1.82, 2.24) is 4.90 Å². The van der Waals surface area contributed by atoms with E-state index in [1.165, 1.54) is 16.0 Å². The van der Waals surface area contributed by atoms with E-state index in [0.29, 0.717) is 12.6 Å². The summed E-state index contributed by atoms with van der Waals surface area (Å²) in [6.45, 7) is 5.72. The number of nitrogens with zero attached hydrogens (tertiary/aromatic N) is 1. The third-order valence-electron chi connectivity index (χ3n) is 4.37. The van der Waals surface area contributed by atoms with Crippen LogP contribution in [0.5, 0.6) is 0 Å². The van der Waals surface area contributed by atoms with Crippen molar-refractivity contribution >= 4 is 22.9 Å². The Labute approximate surface area is 136 Å².